The van der Waals surface area contributed by atoms with Gasteiger partial charge in [0.05, 0.1) is 23.9 Å². The average Bonchev–Trinajstić information content (AvgIpc) is 0.964. The van der Waals surface area contributed by atoms with Gasteiger partial charge >= 0.3 is 54.0 Å². The van der Waals surface area contributed by atoms with Crippen LogP contribution in [0.1, 0.15) is 183 Å². The van der Waals surface area contributed by atoms with Crippen LogP contribution in [0.4, 0.5) is 14.4 Å². The van der Waals surface area contributed by atoms with Gasteiger partial charge < -0.3 is 92.9 Å². The number of aryl methyl sites for hydroxylation is 1. The Kier molecular flexibility index (Phi) is 44.8. The SMILES string of the molecule is CCCC(=O)OCN(C(=O)[C@@H](NC(=O)[C@H]1CCCCN1C)C(C)CC)[C@H](CCc1nc(C(=O)N[C@@H](Cc2ccc(O)cc2)C[C@H](C)C(=O)NNC(=O)OCCSSC[C@@H](C)NC(=O)[C@H](CC(=O)O)NC(=O)[C@H](CCC(=O)O)NC(=O)Cc2ccc(CNC(=O)NCCCC[C@H](NC(=O)N[C@@H](CCC(=O)O)C(=O)O)C(=O)O)cc2)cs1)C(C)C. The number of nitrogens with one attached hydrogen (secondary N) is 11. The van der Waals surface area contributed by atoms with Gasteiger partial charge in [-0.2, -0.15) is 0 Å². The Morgan fingerprint density at radius 1 is 0.644 bits per heavy atom. The number of esters is 1. The summed E-state index contributed by atoms with van der Waals surface area (Å²) < 4.78 is 10.9. The van der Waals surface area contributed by atoms with E-state index in [1.54, 1.807) is 60.5 Å². The maximum absolute atomic E-state index is 14.8. The lowest BCUT2D eigenvalue weighted by Crippen LogP contribution is -2.59. The first kappa shape index (κ1) is 99.8. The van der Waals surface area contributed by atoms with Crippen LogP contribution < -0.4 is 58.7 Å². The molecular formula is C77H114N14O24S3. The molecule has 0 radical (unpaired) electrons. The van der Waals surface area contributed by atoms with Crippen LogP contribution in [0.25, 0.3) is 0 Å². The molecule has 1 unspecified atom stereocenters. The zero-order valence-electron chi connectivity index (χ0n) is 67.6. The Labute approximate surface area is 696 Å². The number of aromatic nitrogens is 1. The Balaban J connectivity index is 1.23. The second kappa shape index (κ2) is 53.0. The number of phenols is 1. The van der Waals surface area contributed by atoms with Gasteiger partial charge in [0.1, 0.15) is 48.3 Å². The standard InChI is InChI=1S/C77H114N14O24S3/c1-9-15-65(100)115-43-91(72(106)66(45(5)10-2)87-71(105)59-17-12-14-33-90(59)8)58(44(3)4)28-29-61-83-57(42-116-61)70(104)81-51(37-48-22-24-52(92)25-23-48)36-46(6)67(101)88-89-77(113)114-34-35-117-118-41-47(7)80-69(103)56(39-64(98)99)84-68(102)53(26-30-62(94)95)82-60(93)38-49-18-20-50(21-19-49)40-79-75(111)78-32-13-11-16-54(73(107)108)85-76(112)86-55(74(109)110)27-31-63(96)97/h18-25,42,44-47,51,53-56,58-59,66,92H,9-17,26-41,43H2,1-8H3,(H,80,103)(H,81,104)(H,82,93)(H,84,102)(H,87,105)(H,88,101)(H,89,113)(H,94,95)(H,96,97)(H,98,99)(H,107,108)(H,109,110)(H2,78,79,111)(H2,85,86,112)/t45?,46-,47+,51+,53-,54-,55-,56-,58+,59+,66-/m0/s1. The highest BCUT2D eigenvalue weighted by Crippen LogP contribution is 2.26. The maximum atomic E-state index is 14.8. The number of thiazole rings is 1. The van der Waals surface area contributed by atoms with Crippen molar-refractivity contribution < 1.29 is 117 Å². The number of carbonyl (C=O) groups is 16. The minimum Gasteiger partial charge on any atom is -0.508 e. The number of ether oxygens (including phenoxy) is 2. The fraction of sp³-hybridized carbons (Fsp3) is 0.597. The van der Waals surface area contributed by atoms with Crippen LogP contribution >= 0.6 is 32.9 Å². The molecule has 2 heterocycles. The predicted molar refractivity (Wildman–Crippen MR) is 434 cm³/mol. The number of likely N-dealkylation sites (N-methyl/N-ethyl adjacent to an activating group) is 1. The minimum absolute atomic E-state index is 0.0213. The lowest BCUT2D eigenvalue weighted by molar-refractivity contribution is -0.159. The van der Waals surface area contributed by atoms with Crippen LogP contribution in [0.2, 0.25) is 0 Å². The van der Waals surface area contributed by atoms with E-state index in [9.17, 15) is 102 Å². The number of piperidine rings is 1. The van der Waals surface area contributed by atoms with Crippen molar-refractivity contribution in [3.63, 3.8) is 0 Å². The van der Waals surface area contributed by atoms with E-state index in [1.165, 1.54) is 45.1 Å². The second-order valence-electron chi connectivity index (χ2n) is 29.1. The van der Waals surface area contributed by atoms with Gasteiger partial charge in [0, 0.05) is 79.7 Å². The van der Waals surface area contributed by atoms with E-state index in [2.05, 4.69) is 58.4 Å². The number of phenolic OH excluding ortho intramolecular Hbond substituents is 1. The highest BCUT2D eigenvalue weighted by atomic mass is 33.1. The number of hydrogen-bond donors (Lipinski definition) is 17. The van der Waals surface area contributed by atoms with E-state index in [4.69, 9.17) is 14.6 Å². The van der Waals surface area contributed by atoms with E-state index in [1.807, 2.05) is 51.9 Å². The summed E-state index contributed by atoms with van der Waals surface area (Å²) in [6, 6.07) is 1.71. The van der Waals surface area contributed by atoms with Gasteiger partial charge in [0.2, 0.25) is 35.4 Å². The van der Waals surface area contributed by atoms with Crippen LogP contribution in [0.15, 0.2) is 53.9 Å². The topological polar surface area (TPSA) is 565 Å². The van der Waals surface area contributed by atoms with Gasteiger partial charge in [-0.25, -0.2) is 34.4 Å². The third kappa shape index (κ3) is 38.2. The summed E-state index contributed by atoms with van der Waals surface area (Å²) >= 11 is 1.25. The number of urea groups is 2. The summed E-state index contributed by atoms with van der Waals surface area (Å²) in [5, 5.41) is 81.8. The Bertz CT molecular complexity index is 3840. The molecule has 12 amide bonds. The third-order valence-corrected chi connectivity index (χ3v) is 22.5. The Morgan fingerprint density at radius 3 is 1.90 bits per heavy atom. The normalized spacial score (nSPS) is 15.1. The van der Waals surface area contributed by atoms with E-state index in [-0.39, 0.29) is 124 Å². The van der Waals surface area contributed by atoms with Gasteiger partial charge in [-0.3, -0.25) is 63.1 Å². The van der Waals surface area contributed by atoms with E-state index < -0.39 is 170 Å². The molecule has 654 valence electrons. The Morgan fingerprint density at radius 2 is 1.28 bits per heavy atom. The molecule has 0 aliphatic carbocycles. The lowest BCUT2D eigenvalue weighted by atomic mass is 9.93. The number of carboxylic acid groups (broad SMARTS) is 5. The number of hydrogen-bond acceptors (Lipinski definition) is 24. The Hall–Kier alpha value is -10.6. The van der Waals surface area contributed by atoms with Gasteiger partial charge in [0.25, 0.3) is 5.91 Å². The molecule has 41 heteroatoms. The van der Waals surface area contributed by atoms with Crippen molar-refractivity contribution in [2.45, 2.75) is 231 Å². The number of nitrogens with zero attached hydrogens (tertiary/aromatic N) is 3. The highest BCUT2D eigenvalue weighted by Gasteiger charge is 2.39. The molecule has 0 spiro atoms. The molecular weight excluding hydrogens is 1600 g/mol. The van der Waals surface area contributed by atoms with Crippen molar-refractivity contribution >= 4 is 128 Å². The number of carbonyl (C=O) groups excluding carboxylic acids is 11. The third-order valence-electron chi connectivity index (χ3n) is 19.1. The number of unbranched alkanes of at least 4 members (excludes halogenated alkanes) is 1. The van der Waals surface area contributed by atoms with Crippen LogP contribution in [-0.2, 0) is 92.8 Å². The van der Waals surface area contributed by atoms with Crippen molar-refractivity contribution in [1.82, 2.24) is 73.5 Å². The van der Waals surface area contributed by atoms with E-state index >= 15 is 0 Å². The largest absolute Gasteiger partial charge is 0.508 e. The molecule has 17 N–H and O–H groups in total. The number of likely N-dealkylation sites (tertiary alicyclic amines) is 1. The molecule has 1 saturated heterocycles. The van der Waals surface area contributed by atoms with Crippen LogP contribution in [-0.4, -0.2) is 240 Å². The van der Waals surface area contributed by atoms with Crippen molar-refractivity contribution in [1.29, 1.82) is 0 Å². The molecule has 38 nitrogen and oxygen atoms in total. The molecule has 118 heavy (non-hydrogen) atoms. The van der Waals surface area contributed by atoms with Gasteiger partial charge in [-0.1, -0.05) is 112 Å². The van der Waals surface area contributed by atoms with E-state index in [0.717, 1.165) is 24.9 Å². The molecule has 1 aromatic heterocycles. The van der Waals surface area contributed by atoms with Crippen LogP contribution in [0.5, 0.6) is 5.75 Å². The first-order chi connectivity index (χ1) is 56.0. The number of aromatic hydroxyl groups is 1. The zero-order valence-corrected chi connectivity index (χ0v) is 70.1. The molecule has 4 rings (SSSR count). The summed E-state index contributed by atoms with van der Waals surface area (Å²) in [4.78, 5) is 212. The second-order valence-corrected chi connectivity index (χ2v) is 32.7. The van der Waals surface area contributed by atoms with Gasteiger partial charge in [0.15, 0.2) is 6.73 Å². The monoisotopic (exact) mass is 1710 g/mol. The smallest absolute Gasteiger partial charge is 0.426 e. The average molecular weight is 1720 g/mol. The van der Waals surface area contributed by atoms with Gasteiger partial charge in [-0.15, -0.1) is 11.3 Å². The van der Waals surface area contributed by atoms with Crippen molar-refractivity contribution in [2.75, 3.05) is 45.0 Å². The number of rotatable bonds is 53. The summed E-state index contributed by atoms with van der Waals surface area (Å²) in [7, 11) is 4.39. The molecule has 1 aliphatic rings. The molecule has 0 saturated carbocycles. The lowest BCUT2D eigenvalue weighted by Gasteiger charge is -2.39. The quantitative estimate of drug-likeness (QED) is 0.0121. The first-order valence-corrected chi connectivity index (χ1v) is 42.5. The summed E-state index contributed by atoms with van der Waals surface area (Å²) in [5.74, 6) is -12.6. The van der Waals surface area contributed by atoms with Crippen LogP contribution in [0.3, 0.4) is 0 Å². The molecule has 1 fully saturated rings. The maximum Gasteiger partial charge on any atom is 0.426 e. The first-order valence-electron chi connectivity index (χ1n) is 39.1. The predicted octanol–water partition coefficient (Wildman–Crippen LogP) is 4.55. The number of benzene rings is 2. The highest BCUT2D eigenvalue weighted by molar-refractivity contribution is 8.76. The van der Waals surface area contributed by atoms with Crippen LogP contribution in [0, 0.1) is 17.8 Å². The summed E-state index contributed by atoms with van der Waals surface area (Å²) in [6.07, 6.45) is 1.04. The molecule has 0 bridgehead atoms. The molecule has 11 atom stereocenters. The van der Waals surface area contributed by atoms with E-state index in [0.29, 0.717) is 48.2 Å². The van der Waals surface area contributed by atoms with Crippen molar-refractivity contribution in [2.24, 2.45) is 17.8 Å². The minimum atomic E-state index is -1.67. The summed E-state index contributed by atoms with van der Waals surface area (Å²) in [5.41, 5.74) is 6.43. The fourth-order valence-corrected chi connectivity index (χ4v) is 15.2. The van der Waals surface area contributed by atoms with Crippen molar-refractivity contribution in [3.05, 3.63) is 81.3 Å². The van der Waals surface area contributed by atoms with Crippen molar-refractivity contribution in [3.8, 4) is 5.75 Å². The fourth-order valence-electron chi connectivity index (χ4n) is 12.3. The number of amides is 12. The zero-order chi connectivity index (χ0) is 87.6. The summed E-state index contributed by atoms with van der Waals surface area (Å²) in [6.45, 7) is 13.2. The van der Waals surface area contributed by atoms with Gasteiger partial charge in [-0.05, 0) is 132 Å². The number of aliphatic carboxylic acids is 5. The number of hydrazine groups is 1. The molecule has 1 aliphatic heterocycles. The molecule has 3 aromatic rings. The molecule has 2 aromatic carbocycles. The number of carboxylic acids is 5.